The van der Waals surface area contributed by atoms with Crippen molar-refractivity contribution in [3.8, 4) is 0 Å². The SMILES string of the molecule is CNCC(NC(=O)OC(C)(C)C)c1cccnc1. The summed E-state index contributed by atoms with van der Waals surface area (Å²) in [5.41, 5.74) is 0.446. The summed E-state index contributed by atoms with van der Waals surface area (Å²) >= 11 is 0. The molecule has 1 rings (SSSR count). The van der Waals surface area contributed by atoms with Gasteiger partial charge >= 0.3 is 6.09 Å². The second kappa shape index (κ2) is 6.35. The van der Waals surface area contributed by atoms with Crippen LogP contribution in [0.5, 0.6) is 0 Å². The maximum absolute atomic E-state index is 11.7. The minimum atomic E-state index is -0.497. The van der Waals surface area contributed by atoms with Crippen LogP contribution in [0.2, 0.25) is 0 Å². The molecule has 0 fully saturated rings. The Balaban J connectivity index is 2.67. The van der Waals surface area contributed by atoms with E-state index in [-0.39, 0.29) is 6.04 Å². The van der Waals surface area contributed by atoms with Crippen molar-refractivity contribution in [2.75, 3.05) is 13.6 Å². The first-order valence-electron chi connectivity index (χ1n) is 5.96. The van der Waals surface area contributed by atoms with Crippen LogP contribution in [0, 0.1) is 0 Å². The average molecular weight is 251 g/mol. The van der Waals surface area contributed by atoms with Gasteiger partial charge in [0.15, 0.2) is 0 Å². The Bertz CT molecular complexity index is 374. The molecule has 0 aromatic carbocycles. The molecule has 0 aliphatic carbocycles. The standard InChI is InChI=1S/C13H21N3O2/c1-13(2,3)18-12(17)16-11(9-14-4)10-6-5-7-15-8-10/h5-8,11,14H,9H2,1-4H3,(H,16,17). The lowest BCUT2D eigenvalue weighted by molar-refractivity contribution is 0.0503. The Hall–Kier alpha value is -1.62. The van der Waals surface area contributed by atoms with Gasteiger partial charge in [-0.25, -0.2) is 4.79 Å². The normalized spacial score (nSPS) is 12.9. The smallest absolute Gasteiger partial charge is 0.408 e. The van der Waals surface area contributed by atoms with Crippen molar-refractivity contribution in [2.45, 2.75) is 32.4 Å². The van der Waals surface area contributed by atoms with Crippen molar-refractivity contribution < 1.29 is 9.53 Å². The molecular weight excluding hydrogens is 230 g/mol. The van der Waals surface area contributed by atoms with Gasteiger partial charge in [0.05, 0.1) is 6.04 Å². The van der Waals surface area contributed by atoms with Crippen LogP contribution in [0.3, 0.4) is 0 Å². The number of hydrogen-bond donors (Lipinski definition) is 2. The fourth-order valence-electron chi connectivity index (χ4n) is 1.49. The molecule has 1 unspecified atom stereocenters. The van der Waals surface area contributed by atoms with E-state index in [2.05, 4.69) is 15.6 Å². The lowest BCUT2D eigenvalue weighted by Gasteiger charge is -2.23. The highest BCUT2D eigenvalue weighted by Crippen LogP contribution is 2.12. The Morgan fingerprint density at radius 2 is 2.22 bits per heavy atom. The van der Waals surface area contributed by atoms with Gasteiger partial charge < -0.3 is 15.4 Å². The lowest BCUT2D eigenvalue weighted by Crippen LogP contribution is -2.38. The van der Waals surface area contributed by atoms with E-state index in [9.17, 15) is 4.79 Å². The molecule has 100 valence electrons. The Kier molecular flexibility index (Phi) is 5.09. The Morgan fingerprint density at radius 3 is 2.72 bits per heavy atom. The van der Waals surface area contributed by atoms with E-state index >= 15 is 0 Å². The number of amides is 1. The van der Waals surface area contributed by atoms with Gasteiger partial charge in [-0.2, -0.15) is 0 Å². The van der Waals surface area contributed by atoms with Crippen LogP contribution in [0.25, 0.3) is 0 Å². The quantitative estimate of drug-likeness (QED) is 0.857. The number of rotatable bonds is 4. The molecule has 18 heavy (non-hydrogen) atoms. The summed E-state index contributed by atoms with van der Waals surface area (Å²) in [7, 11) is 1.83. The number of likely N-dealkylation sites (N-methyl/N-ethyl adjacent to an activating group) is 1. The minimum absolute atomic E-state index is 0.154. The first kappa shape index (κ1) is 14.4. The minimum Gasteiger partial charge on any atom is -0.444 e. The molecular formula is C13H21N3O2. The fourth-order valence-corrected chi connectivity index (χ4v) is 1.49. The number of carbonyl (C=O) groups is 1. The van der Waals surface area contributed by atoms with Crippen molar-refractivity contribution in [1.82, 2.24) is 15.6 Å². The summed E-state index contributed by atoms with van der Waals surface area (Å²) in [6, 6.07) is 3.61. The Morgan fingerprint density at radius 1 is 1.50 bits per heavy atom. The second-order valence-corrected chi connectivity index (χ2v) is 5.04. The molecule has 1 atom stereocenters. The predicted molar refractivity (Wildman–Crippen MR) is 70.3 cm³/mol. The van der Waals surface area contributed by atoms with Crippen molar-refractivity contribution in [1.29, 1.82) is 0 Å². The molecule has 5 heteroatoms. The van der Waals surface area contributed by atoms with Gasteiger partial charge in [0.25, 0.3) is 0 Å². The third-order valence-corrected chi connectivity index (χ3v) is 2.19. The monoisotopic (exact) mass is 251 g/mol. The zero-order chi connectivity index (χ0) is 13.6. The summed E-state index contributed by atoms with van der Waals surface area (Å²) in [6.07, 6.45) is 3.01. The highest BCUT2D eigenvalue weighted by molar-refractivity contribution is 5.68. The molecule has 0 radical (unpaired) electrons. The number of aromatic nitrogens is 1. The van der Waals surface area contributed by atoms with E-state index in [1.807, 2.05) is 40.0 Å². The van der Waals surface area contributed by atoms with Crippen LogP contribution in [-0.4, -0.2) is 30.3 Å². The topological polar surface area (TPSA) is 63.2 Å². The van der Waals surface area contributed by atoms with E-state index < -0.39 is 11.7 Å². The fraction of sp³-hybridized carbons (Fsp3) is 0.538. The van der Waals surface area contributed by atoms with Gasteiger partial charge in [0.2, 0.25) is 0 Å². The molecule has 0 aliphatic heterocycles. The van der Waals surface area contributed by atoms with Crippen LogP contribution in [0.4, 0.5) is 4.79 Å². The van der Waals surface area contributed by atoms with Crippen molar-refractivity contribution in [3.63, 3.8) is 0 Å². The molecule has 1 heterocycles. The second-order valence-electron chi connectivity index (χ2n) is 5.04. The van der Waals surface area contributed by atoms with E-state index in [1.165, 1.54) is 0 Å². The van der Waals surface area contributed by atoms with E-state index in [4.69, 9.17) is 4.74 Å². The number of hydrogen-bond acceptors (Lipinski definition) is 4. The molecule has 1 amide bonds. The molecule has 0 bridgehead atoms. The third kappa shape index (κ3) is 5.14. The van der Waals surface area contributed by atoms with Gasteiger partial charge in [-0.05, 0) is 39.4 Å². The molecule has 0 saturated heterocycles. The maximum atomic E-state index is 11.7. The van der Waals surface area contributed by atoms with Gasteiger partial charge in [-0.15, -0.1) is 0 Å². The molecule has 0 aliphatic rings. The first-order chi connectivity index (χ1) is 8.42. The molecule has 0 saturated carbocycles. The highest BCUT2D eigenvalue weighted by Gasteiger charge is 2.20. The van der Waals surface area contributed by atoms with Gasteiger partial charge in [-0.1, -0.05) is 6.07 Å². The maximum Gasteiger partial charge on any atom is 0.408 e. The van der Waals surface area contributed by atoms with Crippen LogP contribution < -0.4 is 10.6 Å². The number of nitrogens with zero attached hydrogens (tertiary/aromatic N) is 1. The van der Waals surface area contributed by atoms with Gasteiger partial charge in [-0.3, -0.25) is 4.98 Å². The Labute approximate surface area is 108 Å². The number of alkyl carbamates (subject to hydrolysis) is 1. The zero-order valence-corrected chi connectivity index (χ0v) is 11.4. The molecule has 2 N–H and O–H groups in total. The van der Waals surface area contributed by atoms with Crippen LogP contribution in [0.15, 0.2) is 24.5 Å². The van der Waals surface area contributed by atoms with E-state index in [0.29, 0.717) is 6.54 Å². The van der Waals surface area contributed by atoms with Crippen LogP contribution >= 0.6 is 0 Å². The number of nitrogens with one attached hydrogen (secondary N) is 2. The van der Waals surface area contributed by atoms with Crippen molar-refractivity contribution >= 4 is 6.09 Å². The molecule has 5 nitrogen and oxygen atoms in total. The predicted octanol–water partition coefficient (Wildman–Crippen LogP) is 1.87. The summed E-state index contributed by atoms with van der Waals surface area (Å²) in [6.45, 7) is 6.13. The zero-order valence-electron chi connectivity index (χ0n) is 11.4. The van der Waals surface area contributed by atoms with E-state index in [1.54, 1.807) is 12.4 Å². The first-order valence-corrected chi connectivity index (χ1v) is 5.96. The van der Waals surface area contributed by atoms with Crippen LogP contribution in [-0.2, 0) is 4.74 Å². The lowest BCUT2D eigenvalue weighted by atomic mass is 10.1. The number of ether oxygens (including phenoxy) is 1. The number of pyridine rings is 1. The molecule has 1 aromatic heterocycles. The van der Waals surface area contributed by atoms with Gasteiger partial charge in [0.1, 0.15) is 5.60 Å². The van der Waals surface area contributed by atoms with Crippen molar-refractivity contribution in [2.24, 2.45) is 0 Å². The number of carbonyl (C=O) groups excluding carboxylic acids is 1. The third-order valence-electron chi connectivity index (χ3n) is 2.19. The summed E-state index contributed by atoms with van der Waals surface area (Å²) in [5, 5.41) is 5.86. The molecule has 1 aromatic rings. The van der Waals surface area contributed by atoms with Crippen molar-refractivity contribution in [3.05, 3.63) is 30.1 Å². The highest BCUT2D eigenvalue weighted by atomic mass is 16.6. The van der Waals surface area contributed by atoms with E-state index in [0.717, 1.165) is 5.56 Å². The summed E-state index contributed by atoms with van der Waals surface area (Å²) in [4.78, 5) is 15.8. The largest absolute Gasteiger partial charge is 0.444 e. The average Bonchev–Trinajstić information content (AvgIpc) is 2.27. The molecule has 0 spiro atoms. The summed E-state index contributed by atoms with van der Waals surface area (Å²) < 4.78 is 5.24. The summed E-state index contributed by atoms with van der Waals surface area (Å²) in [5.74, 6) is 0. The van der Waals surface area contributed by atoms with Gasteiger partial charge in [0, 0.05) is 18.9 Å². The van der Waals surface area contributed by atoms with Crippen LogP contribution in [0.1, 0.15) is 32.4 Å².